The van der Waals surface area contributed by atoms with Gasteiger partial charge < -0.3 is 15.8 Å². The Labute approximate surface area is 76.2 Å². The number of allylic oxidation sites excluding steroid dienone is 1. The molecule has 2 rings (SSSR count). The molecule has 0 saturated carbocycles. The van der Waals surface area contributed by atoms with Crippen molar-refractivity contribution in [3.63, 3.8) is 0 Å². The van der Waals surface area contributed by atoms with Crippen LogP contribution in [0, 0.1) is 0 Å². The summed E-state index contributed by atoms with van der Waals surface area (Å²) in [6, 6.07) is 0. The highest BCUT2D eigenvalue weighted by atomic mass is 16.5. The Morgan fingerprint density at radius 3 is 3.15 bits per heavy atom. The lowest BCUT2D eigenvalue weighted by Gasteiger charge is -2.12. The van der Waals surface area contributed by atoms with E-state index >= 15 is 0 Å². The Morgan fingerprint density at radius 1 is 1.77 bits per heavy atom. The Balaban J connectivity index is 2.14. The molecule has 6 nitrogen and oxygen atoms in total. The average Bonchev–Trinajstić information content (AvgIpc) is 2.59. The van der Waals surface area contributed by atoms with Crippen molar-refractivity contribution in [2.24, 2.45) is 16.6 Å². The molecule has 0 spiro atoms. The molecule has 0 aliphatic carbocycles. The third kappa shape index (κ3) is 1.19. The first-order valence-electron chi connectivity index (χ1n) is 4.28. The van der Waals surface area contributed by atoms with Crippen molar-refractivity contribution in [2.45, 2.75) is 19.3 Å². The van der Waals surface area contributed by atoms with Gasteiger partial charge in [0, 0.05) is 6.61 Å². The predicted octanol–water partition coefficient (Wildman–Crippen LogP) is -2.75. The Hall–Kier alpha value is -1.11. The predicted molar refractivity (Wildman–Crippen MR) is 47.2 cm³/mol. The summed E-state index contributed by atoms with van der Waals surface area (Å²) in [5.41, 5.74) is 12.2. The summed E-state index contributed by atoms with van der Waals surface area (Å²) in [6.45, 7) is 2.55. The molecule has 0 aromatic carbocycles. The largest absolute Gasteiger partial charge is 0.391 e. The second-order valence-corrected chi connectivity index (χ2v) is 3.02. The number of nitrogens with one attached hydrogen (secondary N) is 2. The van der Waals surface area contributed by atoms with E-state index < -0.39 is 0 Å². The SMILES string of the molecule is CCOC1NC2=C(N)C=N[NH+]2C1N. The van der Waals surface area contributed by atoms with Gasteiger partial charge in [-0.2, -0.15) is 0 Å². The van der Waals surface area contributed by atoms with E-state index in [4.69, 9.17) is 16.2 Å². The van der Waals surface area contributed by atoms with Gasteiger partial charge in [0.05, 0.1) is 0 Å². The van der Waals surface area contributed by atoms with E-state index in [0.29, 0.717) is 12.3 Å². The van der Waals surface area contributed by atoms with E-state index in [-0.39, 0.29) is 12.4 Å². The fraction of sp³-hybridized carbons (Fsp3) is 0.571. The maximum absolute atomic E-state index is 5.88. The molecule has 3 atom stereocenters. The monoisotopic (exact) mass is 184 g/mol. The van der Waals surface area contributed by atoms with Crippen LogP contribution < -0.4 is 21.8 Å². The Kier molecular flexibility index (Phi) is 1.95. The molecule has 6 N–H and O–H groups in total. The first-order chi connectivity index (χ1) is 6.24. The molecule has 3 unspecified atom stereocenters. The number of nitrogens with two attached hydrogens (primary N) is 2. The van der Waals surface area contributed by atoms with Crippen molar-refractivity contribution in [3.8, 4) is 0 Å². The van der Waals surface area contributed by atoms with Gasteiger partial charge in [0.2, 0.25) is 12.4 Å². The molecule has 0 aromatic heterocycles. The molecule has 0 bridgehead atoms. The van der Waals surface area contributed by atoms with Gasteiger partial charge in [-0.05, 0) is 6.92 Å². The van der Waals surface area contributed by atoms with Crippen molar-refractivity contribution in [2.75, 3.05) is 6.61 Å². The lowest BCUT2D eigenvalue weighted by Crippen LogP contribution is -3.09. The van der Waals surface area contributed by atoms with Gasteiger partial charge in [-0.3, -0.25) is 5.73 Å². The quantitative estimate of drug-likeness (QED) is 0.374. The minimum absolute atomic E-state index is 0.189. The molecular weight excluding hydrogens is 170 g/mol. The average molecular weight is 184 g/mol. The van der Waals surface area contributed by atoms with E-state index in [1.165, 1.54) is 0 Å². The third-order valence-electron chi connectivity index (χ3n) is 2.16. The molecule has 0 radical (unpaired) electrons. The number of hydrogen-bond donors (Lipinski definition) is 4. The zero-order chi connectivity index (χ0) is 9.42. The Bertz CT molecular complexity index is 274. The van der Waals surface area contributed by atoms with Crippen molar-refractivity contribution in [1.29, 1.82) is 0 Å². The summed E-state index contributed by atoms with van der Waals surface area (Å²) in [5, 5.41) is 8.02. The zero-order valence-corrected chi connectivity index (χ0v) is 7.45. The summed E-state index contributed by atoms with van der Waals surface area (Å²) in [7, 11) is 0. The van der Waals surface area contributed by atoms with Gasteiger partial charge in [0.15, 0.2) is 0 Å². The van der Waals surface area contributed by atoms with Gasteiger partial charge in [0.25, 0.3) is 5.82 Å². The molecule has 13 heavy (non-hydrogen) atoms. The number of quaternary nitrogens is 1. The van der Waals surface area contributed by atoms with Gasteiger partial charge in [-0.15, -0.1) is 5.01 Å². The lowest BCUT2D eigenvalue weighted by atomic mass is 10.5. The summed E-state index contributed by atoms with van der Waals surface area (Å²) >= 11 is 0. The molecule has 6 heteroatoms. The van der Waals surface area contributed by atoms with Gasteiger partial charge in [-0.1, -0.05) is 5.10 Å². The number of ether oxygens (including phenoxy) is 1. The van der Waals surface area contributed by atoms with Crippen LogP contribution in [0.1, 0.15) is 6.92 Å². The van der Waals surface area contributed by atoms with E-state index in [2.05, 4.69) is 10.4 Å². The topological polar surface area (TPSA) is 90.1 Å². The van der Waals surface area contributed by atoms with Crippen LogP contribution in [-0.2, 0) is 4.74 Å². The first kappa shape index (κ1) is 8.49. The molecule has 72 valence electrons. The molecule has 2 aliphatic rings. The molecule has 0 amide bonds. The number of hydrogen-bond acceptors (Lipinski definition) is 5. The van der Waals surface area contributed by atoms with Crippen molar-refractivity contribution in [3.05, 3.63) is 11.5 Å². The van der Waals surface area contributed by atoms with Crippen molar-refractivity contribution in [1.82, 2.24) is 5.32 Å². The van der Waals surface area contributed by atoms with Gasteiger partial charge in [0.1, 0.15) is 11.9 Å². The van der Waals surface area contributed by atoms with E-state index in [1.807, 2.05) is 6.92 Å². The molecule has 0 aromatic rings. The first-order valence-corrected chi connectivity index (χ1v) is 4.28. The summed E-state index contributed by atoms with van der Waals surface area (Å²) in [6.07, 6.45) is 1.21. The second-order valence-electron chi connectivity index (χ2n) is 3.02. The number of nitrogens with zero attached hydrogens (tertiary/aromatic N) is 1. The van der Waals surface area contributed by atoms with Crippen LogP contribution in [0.25, 0.3) is 0 Å². The van der Waals surface area contributed by atoms with Gasteiger partial charge in [-0.25, -0.2) is 0 Å². The normalized spacial score (nSPS) is 36.6. The van der Waals surface area contributed by atoms with E-state index in [9.17, 15) is 0 Å². The van der Waals surface area contributed by atoms with Gasteiger partial charge >= 0.3 is 0 Å². The van der Waals surface area contributed by atoms with Crippen LogP contribution >= 0.6 is 0 Å². The molecule has 1 fully saturated rings. The van der Waals surface area contributed by atoms with Crippen LogP contribution in [0.15, 0.2) is 16.6 Å². The Morgan fingerprint density at radius 2 is 2.54 bits per heavy atom. The second kappa shape index (κ2) is 2.99. The molecule has 1 saturated heterocycles. The minimum Gasteiger partial charge on any atom is -0.391 e. The van der Waals surface area contributed by atoms with Crippen LogP contribution in [0.4, 0.5) is 0 Å². The van der Waals surface area contributed by atoms with Crippen molar-refractivity contribution >= 4 is 6.21 Å². The summed E-state index contributed by atoms with van der Waals surface area (Å²) in [5.74, 6) is 0.825. The third-order valence-corrected chi connectivity index (χ3v) is 2.16. The highest BCUT2D eigenvalue weighted by Crippen LogP contribution is 2.03. The summed E-state index contributed by atoms with van der Waals surface area (Å²) < 4.78 is 5.38. The smallest absolute Gasteiger partial charge is 0.255 e. The standard InChI is InChI=1S/C7H13N5O/c1-2-13-7-5(9)12-6(11-7)4(8)3-10-12/h3,5,7,11H,2,8-9H2,1H3/p+1. The van der Waals surface area contributed by atoms with Crippen LogP contribution in [0.2, 0.25) is 0 Å². The fourth-order valence-electron chi connectivity index (χ4n) is 1.53. The van der Waals surface area contributed by atoms with E-state index in [0.717, 1.165) is 10.8 Å². The zero-order valence-electron chi connectivity index (χ0n) is 7.45. The molecule has 2 aliphatic heterocycles. The fourth-order valence-corrected chi connectivity index (χ4v) is 1.53. The highest BCUT2D eigenvalue weighted by Gasteiger charge is 2.44. The minimum atomic E-state index is -0.216. The maximum atomic E-state index is 5.88. The van der Waals surface area contributed by atoms with Crippen LogP contribution in [-0.4, -0.2) is 25.2 Å². The lowest BCUT2D eigenvalue weighted by molar-refractivity contribution is -0.884. The van der Waals surface area contributed by atoms with Crippen molar-refractivity contribution < 1.29 is 9.75 Å². The van der Waals surface area contributed by atoms with E-state index in [1.54, 1.807) is 6.21 Å². The van der Waals surface area contributed by atoms with Crippen LogP contribution in [0.3, 0.4) is 0 Å². The summed E-state index contributed by atoms with van der Waals surface area (Å²) in [4.78, 5) is 0. The maximum Gasteiger partial charge on any atom is 0.255 e. The van der Waals surface area contributed by atoms with Crippen LogP contribution in [0.5, 0.6) is 0 Å². The highest BCUT2D eigenvalue weighted by molar-refractivity contribution is 5.78. The number of fused-ring (bicyclic) bond motifs is 1. The molecule has 2 heterocycles. The molecular formula is C7H14N5O+. The number of rotatable bonds is 2.